The second-order valence-corrected chi connectivity index (χ2v) is 4.32. The first-order valence-corrected chi connectivity index (χ1v) is 5.92. The number of aromatic nitrogens is 2. The first-order chi connectivity index (χ1) is 9.22. The van der Waals surface area contributed by atoms with E-state index in [2.05, 4.69) is 11.1 Å². The molecule has 0 aliphatic carbocycles. The zero-order valence-corrected chi connectivity index (χ0v) is 10.4. The van der Waals surface area contributed by atoms with E-state index in [0.717, 1.165) is 11.3 Å². The van der Waals surface area contributed by atoms with Crippen LogP contribution in [0.4, 0.5) is 5.95 Å². The molecular weight excluding hydrogens is 240 g/mol. The summed E-state index contributed by atoms with van der Waals surface area (Å²) in [4.78, 5) is 4.29. The summed E-state index contributed by atoms with van der Waals surface area (Å²) in [5.41, 5.74) is 7.97. The molecule has 19 heavy (non-hydrogen) atoms. The monoisotopic (exact) mass is 252 g/mol. The molecule has 0 saturated heterocycles. The third kappa shape index (κ3) is 1.66. The van der Waals surface area contributed by atoms with Crippen LogP contribution in [0.2, 0.25) is 0 Å². The number of hydrogen-bond donors (Lipinski definition) is 1. The number of nitrogens with zero attached hydrogens (tertiary/aromatic N) is 3. The van der Waals surface area contributed by atoms with Gasteiger partial charge in [-0.1, -0.05) is 6.07 Å². The number of benzene rings is 1. The number of hydrogen-bond acceptors (Lipinski definition) is 4. The zero-order valence-electron chi connectivity index (χ0n) is 10.4. The normalized spacial score (nSPS) is 12.4. The van der Waals surface area contributed by atoms with Crippen LogP contribution in [-0.4, -0.2) is 9.55 Å². The van der Waals surface area contributed by atoms with Gasteiger partial charge in [-0.2, -0.15) is 5.26 Å². The summed E-state index contributed by atoms with van der Waals surface area (Å²) in [7, 11) is 0. The predicted molar refractivity (Wildman–Crippen MR) is 71.4 cm³/mol. The van der Waals surface area contributed by atoms with Crippen LogP contribution >= 0.6 is 0 Å². The summed E-state index contributed by atoms with van der Waals surface area (Å²) in [6.07, 6.45) is 1.63. The van der Waals surface area contributed by atoms with E-state index in [4.69, 9.17) is 15.4 Å². The molecule has 94 valence electrons. The van der Waals surface area contributed by atoms with Crippen molar-refractivity contribution in [3.63, 3.8) is 0 Å². The first-order valence-electron chi connectivity index (χ1n) is 5.92. The van der Waals surface area contributed by atoms with Crippen molar-refractivity contribution in [2.75, 3.05) is 5.73 Å². The number of nitrogen functional groups attached to an aromatic ring is 1. The Balaban J connectivity index is 2.25. The van der Waals surface area contributed by atoms with Crippen LogP contribution in [-0.2, 0) is 0 Å². The third-order valence-corrected chi connectivity index (χ3v) is 3.21. The molecule has 0 saturated carbocycles. The molecule has 0 fully saturated rings. The fourth-order valence-electron chi connectivity index (χ4n) is 2.29. The van der Waals surface area contributed by atoms with Crippen LogP contribution in [0.3, 0.4) is 0 Å². The molecule has 0 aliphatic rings. The Morgan fingerprint density at radius 3 is 2.89 bits per heavy atom. The van der Waals surface area contributed by atoms with Gasteiger partial charge >= 0.3 is 0 Å². The van der Waals surface area contributed by atoms with Crippen molar-refractivity contribution in [2.45, 2.75) is 13.0 Å². The minimum absolute atomic E-state index is 0.0751. The van der Waals surface area contributed by atoms with Gasteiger partial charge in [0.1, 0.15) is 17.3 Å². The Bertz CT molecular complexity index is 765. The summed E-state index contributed by atoms with van der Waals surface area (Å²) in [6.45, 7) is 1.98. The van der Waals surface area contributed by atoms with Gasteiger partial charge in [0.2, 0.25) is 5.95 Å². The topological polar surface area (TPSA) is 80.8 Å². The summed E-state index contributed by atoms with van der Waals surface area (Å²) in [5, 5.41) is 9.10. The number of para-hydroxylation sites is 1. The summed E-state index contributed by atoms with van der Waals surface area (Å²) < 4.78 is 7.28. The number of fused-ring (bicyclic) bond motifs is 1. The lowest BCUT2D eigenvalue weighted by atomic mass is 10.2. The van der Waals surface area contributed by atoms with Crippen molar-refractivity contribution in [3.8, 4) is 6.07 Å². The summed E-state index contributed by atoms with van der Waals surface area (Å²) >= 11 is 0. The Hall–Kier alpha value is -2.74. The van der Waals surface area contributed by atoms with Crippen molar-refractivity contribution in [1.82, 2.24) is 9.55 Å². The number of anilines is 1. The third-order valence-electron chi connectivity index (χ3n) is 3.21. The molecule has 5 heteroatoms. The Kier molecular flexibility index (Phi) is 2.50. The molecule has 3 rings (SSSR count). The molecule has 0 bridgehead atoms. The second-order valence-electron chi connectivity index (χ2n) is 4.32. The molecule has 1 atom stereocenters. The van der Waals surface area contributed by atoms with Crippen LogP contribution < -0.4 is 5.73 Å². The van der Waals surface area contributed by atoms with Gasteiger partial charge in [-0.05, 0) is 31.2 Å². The van der Waals surface area contributed by atoms with E-state index in [0.29, 0.717) is 17.0 Å². The number of furan rings is 1. The van der Waals surface area contributed by atoms with Gasteiger partial charge in [0.05, 0.1) is 23.4 Å². The highest BCUT2D eigenvalue weighted by Crippen LogP contribution is 2.28. The lowest BCUT2D eigenvalue weighted by molar-refractivity contribution is 0.453. The first kappa shape index (κ1) is 11.4. The van der Waals surface area contributed by atoms with Crippen molar-refractivity contribution in [2.24, 2.45) is 0 Å². The van der Waals surface area contributed by atoms with Crippen LogP contribution in [0.5, 0.6) is 0 Å². The number of imidazole rings is 1. The molecule has 0 radical (unpaired) electrons. The Labute approximate surface area is 109 Å². The highest BCUT2D eigenvalue weighted by molar-refractivity contribution is 5.84. The van der Waals surface area contributed by atoms with E-state index in [9.17, 15) is 0 Å². The molecule has 0 aliphatic heterocycles. The van der Waals surface area contributed by atoms with Crippen LogP contribution in [0.1, 0.15) is 24.3 Å². The van der Waals surface area contributed by atoms with Gasteiger partial charge in [0.15, 0.2) is 0 Å². The minimum atomic E-state index is -0.0751. The molecule has 3 aromatic rings. The number of nitrogens with two attached hydrogens (primary N) is 1. The molecule has 2 aromatic heterocycles. The quantitative estimate of drug-likeness (QED) is 0.760. The van der Waals surface area contributed by atoms with Gasteiger partial charge in [0.25, 0.3) is 0 Å². The number of nitriles is 1. The van der Waals surface area contributed by atoms with E-state index in [1.807, 2.05) is 35.8 Å². The zero-order chi connectivity index (χ0) is 13.4. The average Bonchev–Trinajstić information content (AvgIpc) is 3.04. The standard InChI is InChI=1S/C14H12N4O/c1-9(12-6-3-7-19-12)18-11-5-2-4-10(8-15)13(11)17-14(18)16/h2-7,9H,1H3,(H2,16,17). The predicted octanol–water partition coefficient (Wildman–Crippen LogP) is 2.69. The highest BCUT2D eigenvalue weighted by atomic mass is 16.3. The molecule has 1 unspecified atom stereocenters. The minimum Gasteiger partial charge on any atom is -0.467 e. The van der Waals surface area contributed by atoms with Gasteiger partial charge in [-0.25, -0.2) is 4.98 Å². The second kappa shape index (κ2) is 4.18. The van der Waals surface area contributed by atoms with E-state index < -0.39 is 0 Å². The molecular formula is C14H12N4O. The smallest absolute Gasteiger partial charge is 0.201 e. The highest BCUT2D eigenvalue weighted by Gasteiger charge is 2.18. The maximum absolute atomic E-state index is 9.10. The summed E-state index contributed by atoms with van der Waals surface area (Å²) in [5.74, 6) is 1.18. The average molecular weight is 252 g/mol. The largest absolute Gasteiger partial charge is 0.467 e. The molecule has 2 heterocycles. The van der Waals surface area contributed by atoms with Crippen LogP contribution in [0.25, 0.3) is 11.0 Å². The molecule has 0 amide bonds. The lowest BCUT2D eigenvalue weighted by Gasteiger charge is -2.13. The maximum Gasteiger partial charge on any atom is 0.201 e. The molecule has 0 spiro atoms. The van der Waals surface area contributed by atoms with E-state index in [1.54, 1.807) is 12.3 Å². The maximum atomic E-state index is 9.10. The van der Waals surface area contributed by atoms with Gasteiger partial charge in [-0.15, -0.1) is 0 Å². The Morgan fingerprint density at radius 2 is 2.21 bits per heavy atom. The van der Waals surface area contributed by atoms with E-state index in [1.165, 1.54) is 0 Å². The van der Waals surface area contributed by atoms with Crippen molar-refractivity contribution in [1.29, 1.82) is 5.26 Å². The van der Waals surface area contributed by atoms with Gasteiger partial charge in [0, 0.05) is 0 Å². The molecule has 1 aromatic carbocycles. The van der Waals surface area contributed by atoms with Crippen molar-refractivity contribution >= 4 is 17.0 Å². The fraction of sp³-hybridized carbons (Fsp3) is 0.143. The SMILES string of the molecule is CC(c1ccco1)n1c(N)nc2c(C#N)cccc21. The molecule has 5 nitrogen and oxygen atoms in total. The fourth-order valence-corrected chi connectivity index (χ4v) is 2.29. The Morgan fingerprint density at radius 1 is 1.37 bits per heavy atom. The molecule has 2 N–H and O–H groups in total. The van der Waals surface area contributed by atoms with Gasteiger partial charge < -0.3 is 10.2 Å². The lowest BCUT2D eigenvalue weighted by Crippen LogP contribution is -2.09. The van der Waals surface area contributed by atoms with Crippen LogP contribution in [0.15, 0.2) is 41.0 Å². The van der Waals surface area contributed by atoms with Crippen molar-refractivity contribution in [3.05, 3.63) is 47.9 Å². The number of rotatable bonds is 2. The van der Waals surface area contributed by atoms with Gasteiger partial charge in [-0.3, -0.25) is 4.57 Å². The van der Waals surface area contributed by atoms with Crippen molar-refractivity contribution < 1.29 is 4.42 Å². The van der Waals surface area contributed by atoms with Crippen LogP contribution in [0, 0.1) is 11.3 Å². The summed E-state index contributed by atoms with van der Waals surface area (Å²) in [6, 6.07) is 11.2. The van der Waals surface area contributed by atoms with E-state index in [-0.39, 0.29) is 6.04 Å². The van der Waals surface area contributed by atoms with E-state index >= 15 is 0 Å².